The van der Waals surface area contributed by atoms with Crippen LogP contribution in [0.25, 0.3) is 0 Å². The van der Waals surface area contributed by atoms with Crippen molar-refractivity contribution in [1.29, 1.82) is 0 Å². The maximum atomic E-state index is 11.8. The summed E-state index contributed by atoms with van der Waals surface area (Å²) in [5.41, 5.74) is 0.588. The van der Waals surface area contributed by atoms with E-state index in [1.807, 2.05) is 0 Å². The van der Waals surface area contributed by atoms with Gasteiger partial charge in [-0.3, -0.25) is 4.79 Å². The molecule has 0 unspecified atom stereocenters. The first kappa shape index (κ1) is 11.4. The third-order valence-electron chi connectivity index (χ3n) is 1.85. The van der Waals surface area contributed by atoms with Crippen LogP contribution in [0.3, 0.4) is 0 Å². The van der Waals surface area contributed by atoms with Gasteiger partial charge in [-0.25, -0.2) is 0 Å². The second-order valence-corrected chi connectivity index (χ2v) is 3.88. The normalized spacial score (nSPS) is 9.47. The van der Waals surface area contributed by atoms with Gasteiger partial charge >= 0.3 is 0 Å². The summed E-state index contributed by atoms with van der Waals surface area (Å²) in [6, 6.07) is 3.27. The molecule has 1 amide bonds. The number of hydrogen-bond donors (Lipinski definition) is 2. The van der Waals surface area contributed by atoms with Gasteiger partial charge in [-0.05, 0) is 11.4 Å². The molecule has 2 heterocycles. The van der Waals surface area contributed by atoms with Crippen LogP contribution in [0.4, 0.5) is 5.82 Å². The molecule has 0 aliphatic carbocycles. The van der Waals surface area contributed by atoms with Crippen molar-refractivity contribution in [3.05, 3.63) is 34.2 Å². The standard InChI is InChI=1S/C11H8N2O3S/c14-5-1-2-8-4-7-17-10(8)11(15)12-9-3-6-16-13-9/h3-4,6-7,14H,5H2,(H,12,13,15). The molecule has 2 aromatic rings. The van der Waals surface area contributed by atoms with E-state index in [4.69, 9.17) is 5.11 Å². The van der Waals surface area contributed by atoms with E-state index in [2.05, 4.69) is 26.8 Å². The molecule has 0 saturated carbocycles. The number of carbonyl (C=O) groups is 1. The highest BCUT2D eigenvalue weighted by molar-refractivity contribution is 7.12. The molecule has 2 aromatic heterocycles. The van der Waals surface area contributed by atoms with Crippen LogP contribution in [0.2, 0.25) is 0 Å². The van der Waals surface area contributed by atoms with E-state index in [9.17, 15) is 4.79 Å². The SMILES string of the molecule is O=C(Nc1ccon1)c1sccc1C#CCO. The predicted octanol–water partition coefficient (Wildman–Crippen LogP) is 1.33. The number of aromatic nitrogens is 1. The van der Waals surface area contributed by atoms with Crippen LogP contribution in [0.1, 0.15) is 15.2 Å². The first-order valence-corrected chi connectivity index (χ1v) is 5.58. The number of hydrogen-bond acceptors (Lipinski definition) is 5. The van der Waals surface area contributed by atoms with Crippen molar-refractivity contribution in [3.63, 3.8) is 0 Å². The van der Waals surface area contributed by atoms with Gasteiger partial charge in [0, 0.05) is 11.6 Å². The third kappa shape index (κ3) is 2.72. The van der Waals surface area contributed by atoms with E-state index < -0.39 is 0 Å². The minimum Gasteiger partial charge on any atom is -0.384 e. The van der Waals surface area contributed by atoms with E-state index in [-0.39, 0.29) is 12.5 Å². The van der Waals surface area contributed by atoms with E-state index in [0.29, 0.717) is 16.3 Å². The summed E-state index contributed by atoms with van der Waals surface area (Å²) in [7, 11) is 0. The lowest BCUT2D eigenvalue weighted by Crippen LogP contribution is -2.11. The fourth-order valence-electron chi connectivity index (χ4n) is 1.17. The number of anilines is 1. The summed E-state index contributed by atoms with van der Waals surface area (Å²) < 4.78 is 4.61. The summed E-state index contributed by atoms with van der Waals surface area (Å²) >= 11 is 1.28. The summed E-state index contributed by atoms with van der Waals surface area (Å²) in [6.07, 6.45) is 1.37. The maximum absolute atomic E-state index is 11.8. The second kappa shape index (κ2) is 5.30. The Labute approximate surface area is 101 Å². The molecule has 0 fully saturated rings. The Bertz CT molecular complexity index is 563. The van der Waals surface area contributed by atoms with Gasteiger partial charge in [-0.15, -0.1) is 11.3 Å². The van der Waals surface area contributed by atoms with Gasteiger partial charge in [0.2, 0.25) is 0 Å². The van der Waals surface area contributed by atoms with Gasteiger partial charge in [0.05, 0.1) is 0 Å². The van der Waals surface area contributed by atoms with Crippen molar-refractivity contribution in [1.82, 2.24) is 5.16 Å². The molecule has 0 bridgehead atoms. The Kier molecular flexibility index (Phi) is 3.55. The van der Waals surface area contributed by atoms with Crippen molar-refractivity contribution in [2.24, 2.45) is 0 Å². The number of nitrogens with one attached hydrogen (secondary N) is 1. The fourth-order valence-corrected chi connectivity index (χ4v) is 1.91. The van der Waals surface area contributed by atoms with E-state index in [1.54, 1.807) is 17.5 Å². The molecule has 0 aliphatic heterocycles. The Morgan fingerprint density at radius 3 is 3.18 bits per heavy atom. The van der Waals surface area contributed by atoms with Crippen LogP contribution in [-0.4, -0.2) is 22.8 Å². The molecule has 0 aromatic carbocycles. The Balaban J connectivity index is 2.17. The minimum atomic E-state index is -0.295. The van der Waals surface area contributed by atoms with Crippen LogP contribution in [-0.2, 0) is 0 Å². The number of aliphatic hydroxyl groups is 1. The summed E-state index contributed by atoms with van der Waals surface area (Å²) in [6.45, 7) is -0.236. The molecule has 5 nitrogen and oxygen atoms in total. The zero-order valence-corrected chi connectivity index (χ0v) is 9.45. The largest absolute Gasteiger partial charge is 0.384 e. The molecule has 0 atom stereocenters. The molecular formula is C11H8N2O3S. The van der Waals surface area contributed by atoms with Gasteiger partial charge in [0.15, 0.2) is 5.82 Å². The van der Waals surface area contributed by atoms with Crippen LogP contribution in [0, 0.1) is 11.8 Å². The van der Waals surface area contributed by atoms with Gasteiger partial charge in [-0.1, -0.05) is 17.0 Å². The molecule has 0 saturated heterocycles. The molecule has 2 rings (SSSR count). The molecule has 0 radical (unpaired) electrons. The quantitative estimate of drug-likeness (QED) is 0.786. The van der Waals surface area contributed by atoms with E-state index in [0.717, 1.165) is 0 Å². The minimum absolute atomic E-state index is 0.236. The number of carbonyl (C=O) groups excluding carboxylic acids is 1. The molecule has 0 spiro atoms. The third-order valence-corrected chi connectivity index (χ3v) is 2.77. The van der Waals surface area contributed by atoms with Crippen LogP contribution in [0.5, 0.6) is 0 Å². The average molecular weight is 248 g/mol. The topological polar surface area (TPSA) is 75.4 Å². The van der Waals surface area contributed by atoms with Crippen LogP contribution < -0.4 is 5.32 Å². The summed E-state index contributed by atoms with van der Waals surface area (Å²) in [5.74, 6) is 5.27. The first-order valence-electron chi connectivity index (χ1n) is 4.70. The van der Waals surface area contributed by atoms with Gasteiger partial charge < -0.3 is 14.9 Å². The zero-order chi connectivity index (χ0) is 12.1. The van der Waals surface area contributed by atoms with Gasteiger partial charge in [0.25, 0.3) is 5.91 Å². The van der Waals surface area contributed by atoms with Gasteiger partial charge in [-0.2, -0.15) is 0 Å². The Morgan fingerprint density at radius 1 is 1.59 bits per heavy atom. The molecular weight excluding hydrogens is 240 g/mol. The highest BCUT2D eigenvalue weighted by Gasteiger charge is 2.13. The predicted molar refractivity (Wildman–Crippen MR) is 62.7 cm³/mol. The van der Waals surface area contributed by atoms with E-state index >= 15 is 0 Å². The number of rotatable bonds is 2. The van der Waals surface area contributed by atoms with Crippen molar-refractivity contribution >= 4 is 23.1 Å². The highest BCUT2D eigenvalue weighted by atomic mass is 32.1. The average Bonchev–Trinajstić information content (AvgIpc) is 2.96. The molecule has 2 N–H and O–H groups in total. The zero-order valence-electron chi connectivity index (χ0n) is 8.64. The van der Waals surface area contributed by atoms with E-state index in [1.165, 1.54) is 17.6 Å². The fraction of sp³-hybridized carbons (Fsp3) is 0.0909. The monoisotopic (exact) mass is 248 g/mol. The van der Waals surface area contributed by atoms with Gasteiger partial charge in [0.1, 0.15) is 17.7 Å². The number of thiophene rings is 1. The number of amides is 1. The lowest BCUT2D eigenvalue weighted by atomic mass is 10.2. The number of nitrogens with zero attached hydrogens (tertiary/aromatic N) is 1. The van der Waals surface area contributed by atoms with Crippen molar-refractivity contribution in [2.45, 2.75) is 0 Å². The summed E-state index contributed by atoms with van der Waals surface area (Å²) in [5, 5.41) is 16.5. The van der Waals surface area contributed by atoms with Crippen molar-refractivity contribution in [2.75, 3.05) is 11.9 Å². The second-order valence-electron chi connectivity index (χ2n) is 2.96. The molecule has 17 heavy (non-hydrogen) atoms. The molecule has 0 aliphatic rings. The van der Waals surface area contributed by atoms with Crippen molar-refractivity contribution in [3.8, 4) is 11.8 Å². The molecule has 6 heteroatoms. The van der Waals surface area contributed by atoms with Crippen LogP contribution >= 0.6 is 11.3 Å². The number of aliphatic hydroxyl groups excluding tert-OH is 1. The van der Waals surface area contributed by atoms with Crippen LogP contribution in [0.15, 0.2) is 28.3 Å². The lowest BCUT2D eigenvalue weighted by molar-refractivity contribution is 0.102. The maximum Gasteiger partial charge on any atom is 0.268 e. The lowest BCUT2D eigenvalue weighted by Gasteiger charge is -1.98. The Morgan fingerprint density at radius 2 is 2.47 bits per heavy atom. The summed E-state index contributed by atoms with van der Waals surface area (Å²) in [4.78, 5) is 12.3. The smallest absolute Gasteiger partial charge is 0.268 e. The first-order chi connectivity index (χ1) is 8.31. The Hall–Kier alpha value is -2.10. The van der Waals surface area contributed by atoms with Crippen molar-refractivity contribution < 1.29 is 14.4 Å². The highest BCUT2D eigenvalue weighted by Crippen LogP contribution is 2.17. The molecule has 86 valence electrons.